The zero-order chi connectivity index (χ0) is 23.8. The van der Waals surface area contributed by atoms with Gasteiger partial charge < -0.3 is 10.1 Å². The lowest BCUT2D eigenvalue weighted by Crippen LogP contribution is -2.32. The topological polar surface area (TPSA) is 58.6 Å². The van der Waals surface area contributed by atoms with Crippen molar-refractivity contribution in [2.24, 2.45) is 0 Å². The molecule has 0 saturated heterocycles. The first-order valence-electron chi connectivity index (χ1n) is 9.66. The fourth-order valence-electron chi connectivity index (χ4n) is 3.38. The number of carbonyl (C=O) groups excluding carboxylic acids is 2. The number of anilines is 2. The lowest BCUT2D eigenvalue weighted by molar-refractivity contribution is -0.137. The lowest BCUT2D eigenvalue weighted by Gasteiger charge is -2.16. The summed E-state index contributed by atoms with van der Waals surface area (Å²) in [6, 6.07) is 15.2. The molecule has 0 unspecified atom stereocenters. The summed E-state index contributed by atoms with van der Waals surface area (Å²) in [5.41, 5.74) is -0.300. The third-order valence-electron chi connectivity index (χ3n) is 5.03. The molecule has 5 nitrogen and oxygen atoms in total. The van der Waals surface area contributed by atoms with E-state index in [1.54, 1.807) is 24.3 Å². The van der Waals surface area contributed by atoms with Crippen molar-refractivity contribution in [1.29, 1.82) is 0 Å². The number of imide groups is 1. The molecule has 4 rings (SSSR count). The molecule has 0 bridgehead atoms. The third kappa shape index (κ3) is 4.30. The summed E-state index contributed by atoms with van der Waals surface area (Å²) in [6.45, 7) is 0. The molecule has 0 spiro atoms. The van der Waals surface area contributed by atoms with Gasteiger partial charge in [0.05, 0.1) is 23.9 Å². The van der Waals surface area contributed by atoms with Gasteiger partial charge in [-0.2, -0.15) is 13.2 Å². The van der Waals surface area contributed by atoms with Gasteiger partial charge in [0.2, 0.25) is 0 Å². The second-order valence-corrected chi connectivity index (χ2v) is 7.10. The normalized spacial score (nSPS) is 14.2. The summed E-state index contributed by atoms with van der Waals surface area (Å²) < 4.78 is 57.3. The first-order valence-corrected chi connectivity index (χ1v) is 9.66. The summed E-state index contributed by atoms with van der Waals surface area (Å²) in [7, 11) is 1.50. The van der Waals surface area contributed by atoms with E-state index in [-0.39, 0.29) is 22.5 Å². The van der Waals surface area contributed by atoms with Crippen LogP contribution >= 0.6 is 0 Å². The van der Waals surface area contributed by atoms with Crippen LogP contribution in [0.5, 0.6) is 5.75 Å². The largest absolute Gasteiger partial charge is 0.497 e. The van der Waals surface area contributed by atoms with Gasteiger partial charge in [0.25, 0.3) is 11.8 Å². The molecular formula is C24H16F4N2O3. The van der Waals surface area contributed by atoms with Crippen LogP contribution in [-0.4, -0.2) is 18.9 Å². The van der Waals surface area contributed by atoms with Gasteiger partial charge in [0.1, 0.15) is 17.3 Å². The molecule has 0 saturated carbocycles. The van der Waals surface area contributed by atoms with Gasteiger partial charge in [-0.3, -0.25) is 9.59 Å². The number of hydrogen-bond donors (Lipinski definition) is 1. The van der Waals surface area contributed by atoms with Gasteiger partial charge >= 0.3 is 6.18 Å². The van der Waals surface area contributed by atoms with Crippen molar-refractivity contribution in [3.05, 3.63) is 95.4 Å². The van der Waals surface area contributed by atoms with Crippen molar-refractivity contribution in [1.82, 2.24) is 0 Å². The smallest absolute Gasteiger partial charge is 0.416 e. The second kappa shape index (κ2) is 8.42. The standard InChI is InChI=1S/C24H16F4N2O3/c1-33-19-12-8-17(9-13-19)29-21-20(14-2-6-16(25)7-3-14)22(31)30(23(21)32)18-10-4-15(5-11-18)24(26,27)28/h2-13,29H,1H3. The predicted octanol–water partition coefficient (Wildman–Crippen LogP) is 5.25. The number of hydrogen-bond acceptors (Lipinski definition) is 4. The maximum Gasteiger partial charge on any atom is 0.416 e. The Morgan fingerprint density at radius 1 is 0.818 bits per heavy atom. The van der Waals surface area contributed by atoms with Crippen LogP contribution in [0.1, 0.15) is 11.1 Å². The maximum absolute atomic E-state index is 13.4. The Kier molecular flexibility index (Phi) is 5.63. The lowest BCUT2D eigenvalue weighted by atomic mass is 10.0. The summed E-state index contributed by atoms with van der Waals surface area (Å²) in [5, 5.41) is 2.91. The minimum absolute atomic E-state index is 0.0239. The number of nitrogens with zero attached hydrogens (tertiary/aromatic N) is 1. The molecule has 1 N–H and O–H groups in total. The quantitative estimate of drug-likeness (QED) is 0.421. The second-order valence-electron chi connectivity index (χ2n) is 7.10. The number of carbonyl (C=O) groups is 2. The van der Waals surface area contributed by atoms with E-state index in [0.29, 0.717) is 11.4 Å². The Morgan fingerprint density at radius 2 is 1.42 bits per heavy atom. The minimum atomic E-state index is -4.56. The fraction of sp³-hybridized carbons (Fsp3) is 0.0833. The van der Waals surface area contributed by atoms with E-state index in [2.05, 4.69) is 5.32 Å². The Balaban J connectivity index is 1.75. The zero-order valence-electron chi connectivity index (χ0n) is 17.1. The summed E-state index contributed by atoms with van der Waals surface area (Å²) in [5.74, 6) is -1.45. The summed E-state index contributed by atoms with van der Waals surface area (Å²) >= 11 is 0. The molecule has 0 aromatic heterocycles. The molecule has 0 fully saturated rings. The monoisotopic (exact) mass is 456 g/mol. The predicted molar refractivity (Wildman–Crippen MR) is 114 cm³/mol. The molecule has 1 aliphatic rings. The van der Waals surface area contributed by atoms with Crippen LogP contribution in [0.15, 0.2) is 78.5 Å². The van der Waals surface area contributed by atoms with Crippen LogP contribution in [0.4, 0.5) is 28.9 Å². The van der Waals surface area contributed by atoms with Gasteiger partial charge in [-0.05, 0) is 66.2 Å². The van der Waals surface area contributed by atoms with Crippen molar-refractivity contribution in [2.75, 3.05) is 17.3 Å². The van der Waals surface area contributed by atoms with Crippen LogP contribution in [0.3, 0.4) is 0 Å². The van der Waals surface area contributed by atoms with E-state index in [4.69, 9.17) is 4.74 Å². The van der Waals surface area contributed by atoms with Crippen molar-refractivity contribution in [2.45, 2.75) is 6.18 Å². The first-order chi connectivity index (χ1) is 15.7. The van der Waals surface area contributed by atoms with E-state index in [1.807, 2.05) is 0 Å². The van der Waals surface area contributed by atoms with E-state index in [0.717, 1.165) is 41.3 Å². The highest BCUT2D eigenvalue weighted by Crippen LogP contribution is 2.36. The van der Waals surface area contributed by atoms with Crippen LogP contribution in [-0.2, 0) is 15.8 Å². The van der Waals surface area contributed by atoms with Gasteiger partial charge in [-0.15, -0.1) is 0 Å². The Hall–Kier alpha value is -4.14. The first kappa shape index (κ1) is 22.1. The molecular weight excluding hydrogens is 440 g/mol. The van der Waals surface area contributed by atoms with Crippen molar-refractivity contribution in [3.8, 4) is 5.75 Å². The highest BCUT2D eigenvalue weighted by Gasteiger charge is 2.40. The molecule has 0 aliphatic carbocycles. The van der Waals surface area contributed by atoms with Gasteiger partial charge in [-0.1, -0.05) is 12.1 Å². The number of benzene rings is 3. The number of amides is 2. The number of halogens is 4. The molecule has 3 aromatic rings. The highest BCUT2D eigenvalue weighted by atomic mass is 19.4. The zero-order valence-corrected chi connectivity index (χ0v) is 17.1. The van der Waals surface area contributed by atoms with Gasteiger partial charge in [0.15, 0.2) is 0 Å². The van der Waals surface area contributed by atoms with E-state index < -0.39 is 29.4 Å². The molecule has 1 heterocycles. The molecule has 0 atom stereocenters. The van der Waals surface area contributed by atoms with Gasteiger partial charge in [-0.25, -0.2) is 9.29 Å². The number of alkyl halides is 3. The molecule has 168 valence electrons. The van der Waals surface area contributed by atoms with Crippen LogP contribution < -0.4 is 15.0 Å². The van der Waals surface area contributed by atoms with Crippen molar-refractivity contribution < 1.29 is 31.9 Å². The van der Waals surface area contributed by atoms with E-state index >= 15 is 0 Å². The molecule has 3 aromatic carbocycles. The number of rotatable bonds is 5. The Morgan fingerprint density at radius 3 is 1.97 bits per heavy atom. The van der Waals surface area contributed by atoms with Crippen molar-refractivity contribution >= 4 is 28.8 Å². The fourth-order valence-corrected chi connectivity index (χ4v) is 3.38. The molecule has 2 amide bonds. The maximum atomic E-state index is 13.4. The molecule has 1 aliphatic heterocycles. The highest BCUT2D eigenvalue weighted by molar-refractivity contribution is 6.46. The number of methoxy groups -OCH3 is 1. The Labute approximate surface area is 185 Å². The number of ether oxygens (including phenoxy) is 1. The van der Waals surface area contributed by atoms with Gasteiger partial charge in [0, 0.05) is 5.69 Å². The minimum Gasteiger partial charge on any atom is -0.497 e. The molecule has 33 heavy (non-hydrogen) atoms. The van der Waals surface area contributed by atoms with Crippen LogP contribution in [0.2, 0.25) is 0 Å². The molecule has 9 heteroatoms. The SMILES string of the molecule is COc1ccc(NC2=C(c3ccc(F)cc3)C(=O)N(c3ccc(C(F)(F)F)cc3)C2=O)cc1. The summed E-state index contributed by atoms with van der Waals surface area (Å²) in [6.07, 6.45) is -4.56. The average Bonchev–Trinajstić information content (AvgIpc) is 3.04. The third-order valence-corrected chi connectivity index (χ3v) is 5.03. The van der Waals surface area contributed by atoms with Crippen LogP contribution in [0, 0.1) is 5.82 Å². The van der Waals surface area contributed by atoms with Crippen molar-refractivity contribution in [3.63, 3.8) is 0 Å². The molecule has 0 radical (unpaired) electrons. The van der Waals surface area contributed by atoms with Crippen LogP contribution in [0.25, 0.3) is 5.57 Å². The Bertz CT molecular complexity index is 1230. The average molecular weight is 456 g/mol. The number of nitrogens with one attached hydrogen (secondary N) is 1. The summed E-state index contributed by atoms with van der Waals surface area (Å²) in [4.78, 5) is 27.3. The van der Waals surface area contributed by atoms with E-state index in [1.165, 1.54) is 19.2 Å². The van der Waals surface area contributed by atoms with E-state index in [9.17, 15) is 27.2 Å².